The third kappa shape index (κ3) is 2.88. The summed E-state index contributed by atoms with van der Waals surface area (Å²) in [4.78, 5) is 4.61. The second-order valence-electron chi connectivity index (χ2n) is 4.25. The van der Waals surface area contributed by atoms with Crippen molar-refractivity contribution in [1.82, 2.24) is 4.98 Å². The van der Waals surface area contributed by atoms with Crippen LogP contribution in [0.4, 0.5) is 15.9 Å². The van der Waals surface area contributed by atoms with Crippen molar-refractivity contribution >= 4 is 28.7 Å². The van der Waals surface area contributed by atoms with Crippen molar-refractivity contribution in [3.63, 3.8) is 0 Å². The molecule has 0 aliphatic heterocycles. The molecule has 0 fully saturated rings. The standard InChI is InChI=1S/C14H14FN3S/c1-8-6-7-10(13(16)19)14(17-8)18-12-5-3-4-11(15)9(12)2/h3-7H,1-2H3,(H2,16,19)(H,17,18). The number of hydrogen-bond donors (Lipinski definition) is 2. The fourth-order valence-electron chi connectivity index (χ4n) is 1.72. The van der Waals surface area contributed by atoms with Gasteiger partial charge in [-0.15, -0.1) is 0 Å². The van der Waals surface area contributed by atoms with Crippen LogP contribution in [0.3, 0.4) is 0 Å². The van der Waals surface area contributed by atoms with Crippen LogP contribution in [0.1, 0.15) is 16.8 Å². The Bertz CT molecular complexity index is 641. The lowest BCUT2D eigenvalue weighted by Crippen LogP contribution is -2.13. The molecule has 0 aliphatic carbocycles. The second-order valence-corrected chi connectivity index (χ2v) is 4.69. The number of aromatic nitrogens is 1. The number of anilines is 2. The number of thiocarbonyl (C=S) groups is 1. The minimum atomic E-state index is -0.269. The minimum absolute atomic E-state index is 0.254. The summed E-state index contributed by atoms with van der Waals surface area (Å²) in [5, 5.41) is 3.09. The number of benzene rings is 1. The largest absolute Gasteiger partial charge is 0.389 e. The van der Waals surface area contributed by atoms with E-state index in [9.17, 15) is 4.39 Å². The highest BCUT2D eigenvalue weighted by Crippen LogP contribution is 2.23. The van der Waals surface area contributed by atoms with Crippen molar-refractivity contribution in [2.24, 2.45) is 5.73 Å². The Morgan fingerprint density at radius 3 is 2.68 bits per heavy atom. The van der Waals surface area contributed by atoms with Gasteiger partial charge in [0.25, 0.3) is 0 Å². The van der Waals surface area contributed by atoms with E-state index in [0.29, 0.717) is 22.6 Å². The average molecular weight is 275 g/mol. The van der Waals surface area contributed by atoms with Crippen LogP contribution in [0.2, 0.25) is 0 Å². The molecule has 0 saturated carbocycles. The fourth-order valence-corrected chi connectivity index (χ4v) is 1.89. The first-order chi connectivity index (χ1) is 8.99. The van der Waals surface area contributed by atoms with Gasteiger partial charge in [0.2, 0.25) is 0 Å². The SMILES string of the molecule is Cc1ccc(C(N)=S)c(Nc2cccc(F)c2C)n1. The van der Waals surface area contributed by atoms with Gasteiger partial charge in [-0.2, -0.15) is 0 Å². The number of aryl methyl sites for hydroxylation is 1. The monoisotopic (exact) mass is 275 g/mol. The van der Waals surface area contributed by atoms with Gasteiger partial charge in [0, 0.05) is 16.9 Å². The van der Waals surface area contributed by atoms with Crippen molar-refractivity contribution in [1.29, 1.82) is 0 Å². The molecule has 0 spiro atoms. The van der Waals surface area contributed by atoms with Crippen LogP contribution in [0.25, 0.3) is 0 Å². The van der Waals surface area contributed by atoms with Crippen molar-refractivity contribution in [2.75, 3.05) is 5.32 Å². The molecule has 2 rings (SSSR count). The summed E-state index contributed by atoms with van der Waals surface area (Å²) in [7, 11) is 0. The van der Waals surface area contributed by atoms with Crippen LogP contribution in [0.5, 0.6) is 0 Å². The number of halogens is 1. The van der Waals surface area contributed by atoms with Gasteiger partial charge in [-0.3, -0.25) is 0 Å². The Morgan fingerprint density at radius 2 is 2.00 bits per heavy atom. The van der Waals surface area contributed by atoms with E-state index < -0.39 is 0 Å². The first-order valence-electron chi connectivity index (χ1n) is 5.78. The lowest BCUT2D eigenvalue weighted by atomic mass is 10.1. The van der Waals surface area contributed by atoms with Crippen LogP contribution < -0.4 is 11.1 Å². The zero-order chi connectivity index (χ0) is 14.0. The molecule has 2 aromatic rings. The van der Waals surface area contributed by atoms with Crippen molar-refractivity contribution in [3.05, 3.63) is 53.0 Å². The minimum Gasteiger partial charge on any atom is -0.389 e. The number of hydrogen-bond acceptors (Lipinski definition) is 3. The number of rotatable bonds is 3. The van der Waals surface area contributed by atoms with Gasteiger partial charge in [-0.25, -0.2) is 9.37 Å². The van der Waals surface area contributed by atoms with Gasteiger partial charge in [0.15, 0.2) is 0 Å². The molecule has 0 unspecified atom stereocenters. The van der Waals surface area contributed by atoms with Crippen molar-refractivity contribution < 1.29 is 4.39 Å². The average Bonchev–Trinajstić information content (AvgIpc) is 2.35. The molecule has 0 saturated heterocycles. The number of nitrogens with zero attached hydrogens (tertiary/aromatic N) is 1. The van der Waals surface area contributed by atoms with Gasteiger partial charge in [-0.05, 0) is 38.1 Å². The van der Waals surface area contributed by atoms with E-state index in [-0.39, 0.29) is 10.8 Å². The van der Waals surface area contributed by atoms with E-state index in [4.69, 9.17) is 18.0 Å². The maximum absolute atomic E-state index is 13.5. The van der Waals surface area contributed by atoms with E-state index in [2.05, 4.69) is 10.3 Å². The number of nitrogens with one attached hydrogen (secondary N) is 1. The highest BCUT2D eigenvalue weighted by molar-refractivity contribution is 7.80. The zero-order valence-electron chi connectivity index (χ0n) is 10.7. The third-order valence-corrected chi connectivity index (χ3v) is 3.04. The summed E-state index contributed by atoms with van der Waals surface area (Å²) in [6.45, 7) is 3.57. The normalized spacial score (nSPS) is 10.3. The molecule has 0 radical (unpaired) electrons. The molecule has 0 aliphatic rings. The fraction of sp³-hybridized carbons (Fsp3) is 0.143. The Labute approximate surface area is 116 Å². The Hall–Kier alpha value is -2.01. The molecule has 1 heterocycles. The Balaban J connectivity index is 2.45. The summed E-state index contributed by atoms with van der Waals surface area (Å²) < 4.78 is 13.5. The first-order valence-corrected chi connectivity index (χ1v) is 6.19. The summed E-state index contributed by atoms with van der Waals surface area (Å²) in [5.41, 5.74) is 8.31. The Kier molecular flexibility index (Phi) is 3.76. The summed E-state index contributed by atoms with van der Waals surface area (Å²) in [6.07, 6.45) is 0. The molecular weight excluding hydrogens is 261 g/mol. The maximum Gasteiger partial charge on any atom is 0.140 e. The molecule has 19 heavy (non-hydrogen) atoms. The van der Waals surface area contributed by atoms with Gasteiger partial charge in [0.05, 0.1) is 5.56 Å². The van der Waals surface area contributed by atoms with E-state index >= 15 is 0 Å². The second kappa shape index (κ2) is 5.32. The van der Waals surface area contributed by atoms with Crippen molar-refractivity contribution in [2.45, 2.75) is 13.8 Å². The quantitative estimate of drug-likeness (QED) is 0.845. The summed E-state index contributed by atoms with van der Waals surface area (Å²) in [6, 6.07) is 8.48. The highest BCUT2D eigenvalue weighted by atomic mass is 32.1. The van der Waals surface area contributed by atoms with E-state index in [1.807, 2.05) is 19.1 Å². The summed E-state index contributed by atoms with van der Waals surface area (Å²) in [5.74, 6) is 0.274. The van der Waals surface area contributed by atoms with Crippen LogP contribution in [0.15, 0.2) is 30.3 Å². The van der Waals surface area contributed by atoms with Crippen molar-refractivity contribution in [3.8, 4) is 0 Å². The molecule has 0 atom stereocenters. The molecule has 3 nitrogen and oxygen atoms in total. The molecule has 1 aromatic heterocycles. The lowest BCUT2D eigenvalue weighted by molar-refractivity contribution is 0.619. The molecule has 5 heteroatoms. The lowest BCUT2D eigenvalue weighted by Gasteiger charge is -2.13. The smallest absolute Gasteiger partial charge is 0.140 e. The molecule has 0 amide bonds. The predicted molar refractivity (Wildman–Crippen MR) is 79.3 cm³/mol. The maximum atomic E-state index is 13.5. The molecule has 3 N–H and O–H groups in total. The van der Waals surface area contributed by atoms with E-state index in [0.717, 1.165) is 5.69 Å². The predicted octanol–water partition coefficient (Wildman–Crippen LogP) is 3.22. The zero-order valence-corrected chi connectivity index (χ0v) is 11.5. The van der Waals surface area contributed by atoms with E-state index in [1.54, 1.807) is 19.1 Å². The topological polar surface area (TPSA) is 50.9 Å². The summed E-state index contributed by atoms with van der Waals surface area (Å²) >= 11 is 4.99. The van der Waals surface area contributed by atoms with Crippen LogP contribution in [-0.4, -0.2) is 9.97 Å². The molecule has 1 aromatic carbocycles. The first kappa shape index (κ1) is 13.4. The van der Waals surface area contributed by atoms with Gasteiger partial charge >= 0.3 is 0 Å². The molecular formula is C14H14FN3S. The number of nitrogens with two attached hydrogens (primary N) is 1. The van der Waals surface area contributed by atoms with Gasteiger partial charge < -0.3 is 11.1 Å². The van der Waals surface area contributed by atoms with Crippen LogP contribution >= 0.6 is 12.2 Å². The van der Waals surface area contributed by atoms with E-state index in [1.165, 1.54) is 6.07 Å². The third-order valence-electron chi connectivity index (χ3n) is 2.82. The molecule has 0 bridgehead atoms. The number of pyridine rings is 1. The van der Waals surface area contributed by atoms with Gasteiger partial charge in [0.1, 0.15) is 16.6 Å². The van der Waals surface area contributed by atoms with Crippen LogP contribution in [0, 0.1) is 19.7 Å². The van der Waals surface area contributed by atoms with Gasteiger partial charge in [-0.1, -0.05) is 18.3 Å². The highest BCUT2D eigenvalue weighted by Gasteiger charge is 2.10. The Morgan fingerprint density at radius 1 is 1.26 bits per heavy atom. The molecule has 98 valence electrons. The van der Waals surface area contributed by atoms with Crippen LogP contribution in [-0.2, 0) is 0 Å².